The first-order valence-corrected chi connectivity index (χ1v) is 11.4. The Hall–Kier alpha value is -3.52. The van der Waals surface area contributed by atoms with Crippen molar-refractivity contribution in [2.75, 3.05) is 0 Å². The lowest BCUT2D eigenvalue weighted by molar-refractivity contribution is -0.274. The molecule has 4 rings (SSSR count). The number of Topliss-reactive ketones (excluding diaryl/α,β-unsaturated/α-hetero) is 1. The highest BCUT2D eigenvalue weighted by molar-refractivity contribution is 6.30. The second-order valence-corrected chi connectivity index (χ2v) is 8.32. The lowest BCUT2D eigenvalue weighted by atomic mass is 10.0. The number of aromatic nitrogens is 2. The molecule has 0 radical (unpaired) electrons. The number of imidazole rings is 1. The van der Waals surface area contributed by atoms with E-state index in [0.29, 0.717) is 46.9 Å². The van der Waals surface area contributed by atoms with E-state index >= 15 is 0 Å². The maximum Gasteiger partial charge on any atom is 0.573 e. The van der Waals surface area contributed by atoms with Gasteiger partial charge in [0, 0.05) is 23.7 Å². The Labute approximate surface area is 205 Å². The zero-order valence-corrected chi connectivity index (χ0v) is 19.6. The highest BCUT2D eigenvalue weighted by Crippen LogP contribution is 2.24. The highest BCUT2D eigenvalue weighted by atomic mass is 35.5. The third-order valence-electron chi connectivity index (χ3n) is 5.39. The van der Waals surface area contributed by atoms with Gasteiger partial charge in [-0.2, -0.15) is 0 Å². The van der Waals surface area contributed by atoms with E-state index in [4.69, 9.17) is 16.3 Å². The maximum atomic E-state index is 13.0. The van der Waals surface area contributed by atoms with E-state index in [2.05, 4.69) is 9.72 Å². The van der Waals surface area contributed by atoms with Crippen LogP contribution in [0.3, 0.4) is 0 Å². The molecule has 2 aromatic carbocycles. The SMILES string of the molecule is CCc1nc2cc(Cl)ccn2c1C(=O)CCc1ccc(OCc2ccc(OC(F)(F)F)cc2)cc1. The molecule has 5 nitrogen and oxygen atoms in total. The molecule has 0 aliphatic heterocycles. The quantitative estimate of drug-likeness (QED) is 0.235. The van der Waals surface area contributed by atoms with E-state index in [9.17, 15) is 18.0 Å². The molecule has 0 fully saturated rings. The summed E-state index contributed by atoms with van der Waals surface area (Å²) in [5, 5.41) is 0.568. The number of ether oxygens (including phenoxy) is 2. The minimum atomic E-state index is -4.72. The average Bonchev–Trinajstić information content (AvgIpc) is 3.19. The Morgan fingerprint density at radius 3 is 2.31 bits per heavy atom. The molecule has 2 aromatic heterocycles. The molecule has 2 heterocycles. The Kier molecular flexibility index (Phi) is 7.31. The molecule has 35 heavy (non-hydrogen) atoms. The number of carbonyl (C=O) groups is 1. The summed E-state index contributed by atoms with van der Waals surface area (Å²) in [6.07, 6.45) is -1.42. The third-order valence-corrected chi connectivity index (χ3v) is 5.62. The Morgan fingerprint density at radius 2 is 1.66 bits per heavy atom. The number of halogens is 4. The van der Waals surface area contributed by atoms with Crippen molar-refractivity contribution in [3.63, 3.8) is 0 Å². The Morgan fingerprint density at radius 1 is 1.00 bits per heavy atom. The van der Waals surface area contributed by atoms with Gasteiger partial charge in [-0.1, -0.05) is 42.8 Å². The van der Waals surface area contributed by atoms with Crippen LogP contribution in [0.4, 0.5) is 13.2 Å². The predicted octanol–water partition coefficient (Wildman–Crippen LogP) is 6.84. The van der Waals surface area contributed by atoms with E-state index in [0.717, 1.165) is 11.3 Å². The van der Waals surface area contributed by atoms with Crippen LogP contribution in [0.25, 0.3) is 5.65 Å². The van der Waals surface area contributed by atoms with Gasteiger partial charge in [-0.25, -0.2) is 4.98 Å². The van der Waals surface area contributed by atoms with Crippen molar-refractivity contribution in [3.8, 4) is 11.5 Å². The number of hydrogen-bond donors (Lipinski definition) is 0. The molecular weight excluding hydrogens is 481 g/mol. The topological polar surface area (TPSA) is 52.8 Å². The van der Waals surface area contributed by atoms with Crippen LogP contribution >= 0.6 is 11.6 Å². The molecule has 182 valence electrons. The number of alkyl halides is 3. The fourth-order valence-electron chi connectivity index (χ4n) is 3.69. The summed E-state index contributed by atoms with van der Waals surface area (Å²) in [5.41, 5.74) is 3.68. The summed E-state index contributed by atoms with van der Waals surface area (Å²) in [6, 6.07) is 16.4. The molecule has 0 bridgehead atoms. The van der Waals surface area contributed by atoms with Crippen molar-refractivity contribution in [3.05, 3.63) is 94.4 Å². The average molecular weight is 503 g/mol. The van der Waals surface area contributed by atoms with E-state index in [1.54, 1.807) is 34.9 Å². The minimum Gasteiger partial charge on any atom is -0.489 e. The highest BCUT2D eigenvalue weighted by Gasteiger charge is 2.30. The molecule has 0 aliphatic carbocycles. The first kappa shape index (κ1) is 24.6. The van der Waals surface area contributed by atoms with Gasteiger partial charge in [0.1, 0.15) is 29.4 Å². The lowest BCUT2D eigenvalue weighted by Crippen LogP contribution is -2.17. The van der Waals surface area contributed by atoms with E-state index < -0.39 is 6.36 Å². The number of ketones is 1. The van der Waals surface area contributed by atoms with Crippen LogP contribution in [0.15, 0.2) is 66.9 Å². The number of pyridine rings is 1. The summed E-state index contributed by atoms with van der Waals surface area (Å²) < 4.78 is 48.1. The van der Waals surface area contributed by atoms with E-state index in [1.165, 1.54) is 24.3 Å². The van der Waals surface area contributed by atoms with Crippen molar-refractivity contribution in [1.29, 1.82) is 0 Å². The van der Waals surface area contributed by atoms with Crippen LogP contribution < -0.4 is 9.47 Å². The van der Waals surface area contributed by atoms with Crippen molar-refractivity contribution in [2.45, 2.75) is 39.2 Å². The number of nitrogens with zero attached hydrogens (tertiary/aromatic N) is 2. The van der Waals surface area contributed by atoms with Gasteiger partial charge in [-0.15, -0.1) is 13.2 Å². The van der Waals surface area contributed by atoms with E-state index in [1.807, 2.05) is 19.1 Å². The minimum absolute atomic E-state index is 0.00921. The molecule has 0 saturated heterocycles. The summed E-state index contributed by atoms with van der Waals surface area (Å²) in [6.45, 7) is 2.16. The van der Waals surface area contributed by atoms with Crippen LogP contribution in [0, 0.1) is 0 Å². The molecule has 0 N–H and O–H groups in total. The van der Waals surface area contributed by atoms with Crippen molar-refractivity contribution < 1.29 is 27.4 Å². The maximum absolute atomic E-state index is 13.0. The van der Waals surface area contributed by atoms with Gasteiger partial charge in [-0.3, -0.25) is 9.20 Å². The monoisotopic (exact) mass is 502 g/mol. The molecule has 0 amide bonds. The Balaban J connectivity index is 1.33. The fraction of sp³-hybridized carbons (Fsp3) is 0.231. The van der Waals surface area contributed by atoms with Crippen LogP contribution in [0.5, 0.6) is 11.5 Å². The first-order chi connectivity index (χ1) is 16.7. The van der Waals surface area contributed by atoms with Crippen molar-refractivity contribution in [2.24, 2.45) is 0 Å². The van der Waals surface area contributed by atoms with Crippen molar-refractivity contribution in [1.82, 2.24) is 9.38 Å². The number of carbonyl (C=O) groups excluding carboxylic acids is 1. The number of hydrogen-bond acceptors (Lipinski definition) is 4. The van der Waals surface area contributed by atoms with E-state index in [-0.39, 0.29) is 18.1 Å². The molecule has 9 heteroatoms. The summed E-state index contributed by atoms with van der Waals surface area (Å²) in [5.74, 6) is 0.344. The lowest BCUT2D eigenvalue weighted by Gasteiger charge is -2.10. The van der Waals surface area contributed by atoms with Gasteiger partial charge < -0.3 is 9.47 Å². The van der Waals surface area contributed by atoms with Gasteiger partial charge in [0.05, 0.1) is 5.69 Å². The second kappa shape index (κ2) is 10.4. The van der Waals surface area contributed by atoms with Gasteiger partial charge in [-0.05, 0) is 54.3 Å². The smallest absolute Gasteiger partial charge is 0.489 e. The third kappa shape index (κ3) is 6.33. The second-order valence-electron chi connectivity index (χ2n) is 7.88. The first-order valence-electron chi connectivity index (χ1n) is 11.0. The van der Waals surface area contributed by atoms with Gasteiger partial charge >= 0.3 is 6.36 Å². The molecule has 0 unspecified atom stereocenters. The normalized spacial score (nSPS) is 11.6. The molecular formula is C26H22ClF3N2O3. The zero-order valence-electron chi connectivity index (χ0n) is 18.8. The number of benzene rings is 2. The predicted molar refractivity (Wildman–Crippen MR) is 126 cm³/mol. The number of fused-ring (bicyclic) bond motifs is 1. The van der Waals surface area contributed by atoms with Crippen LogP contribution in [-0.4, -0.2) is 21.5 Å². The zero-order chi connectivity index (χ0) is 25.0. The van der Waals surface area contributed by atoms with Crippen LogP contribution in [-0.2, 0) is 19.4 Å². The van der Waals surface area contributed by atoms with Crippen LogP contribution in [0.2, 0.25) is 5.02 Å². The summed E-state index contributed by atoms with van der Waals surface area (Å²) >= 11 is 6.05. The van der Waals surface area contributed by atoms with Gasteiger partial charge in [0.2, 0.25) is 0 Å². The standard InChI is InChI=1S/C26H22ClF3N2O3/c1-2-22-25(32-14-13-19(27)15-24(32)31-22)23(33)12-7-17-3-8-20(9-4-17)34-16-18-5-10-21(11-6-18)35-26(28,29)30/h3-6,8-11,13-15H,2,7,12,16H2,1H3. The Bertz CT molecular complexity index is 1320. The molecule has 4 aromatic rings. The summed E-state index contributed by atoms with van der Waals surface area (Å²) in [7, 11) is 0. The molecule has 0 aliphatic rings. The summed E-state index contributed by atoms with van der Waals surface area (Å²) in [4.78, 5) is 17.5. The van der Waals surface area contributed by atoms with Gasteiger partial charge in [0.15, 0.2) is 5.78 Å². The largest absolute Gasteiger partial charge is 0.573 e. The number of aryl methyl sites for hydroxylation is 2. The number of rotatable bonds is 9. The molecule has 0 spiro atoms. The van der Waals surface area contributed by atoms with Crippen LogP contribution in [0.1, 0.15) is 40.7 Å². The van der Waals surface area contributed by atoms with Crippen molar-refractivity contribution >= 4 is 23.0 Å². The van der Waals surface area contributed by atoms with Gasteiger partial charge in [0.25, 0.3) is 0 Å². The molecule has 0 atom stereocenters. The fourth-order valence-corrected chi connectivity index (χ4v) is 3.85. The molecule has 0 saturated carbocycles.